The van der Waals surface area contributed by atoms with E-state index in [0.717, 1.165) is 25.1 Å². The summed E-state index contributed by atoms with van der Waals surface area (Å²) in [5, 5.41) is 0. The molecular weight excluding hydrogens is 414 g/mol. The average Bonchev–Trinajstić information content (AvgIpc) is 2.89. The minimum Gasteiger partial charge on any atom is -0.309 e. The van der Waals surface area contributed by atoms with E-state index >= 15 is 0 Å². The van der Waals surface area contributed by atoms with Crippen molar-refractivity contribution in [3.8, 4) is 33.4 Å². The molecule has 34 heavy (non-hydrogen) atoms. The molecule has 0 aliphatic carbocycles. The highest BCUT2D eigenvalue weighted by molar-refractivity contribution is 5.81. The van der Waals surface area contributed by atoms with E-state index in [0.29, 0.717) is 6.54 Å². The van der Waals surface area contributed by atoms with Gasteiger partial charge in [0.15, 0.2) is 0 Å². The third-order valence-electron chi connectivity index (χ3n) is 5.71. The number of aliphatic imine (C=N–C) groups is 2. The standard InChI is InChI=1S/C31H31N3/c1-34(2)19-9-18-32-24-33-23-25-14-16-28(17-15-25)31-21-29(26-10-5-3-6-11-26)20-30(22-31)27-12-7-4-8-13-27/h3-8,10-17,20-22H,9,18-19,23H2,1-2H3. The Hall–Kier alpha value is -3.78. The van der Waals surface area contributed by atoms with Gasteiger partial charge >= 0.3 is 0 Å². The van der Waals surface area contributed by atoms with Gasteiger partial charge in [-0.05, 0) is 84.2 Å². The summed E-state index contributed by atoms with van der Waals surface area (Å²) in [4.78, 5) is 10.8. The molecule has 0 saturated carbocycles. The maximum atomic E-state index is 4.34. The molecule has 3 heteroatoms. The molecule has 3 nitrogen and oxygen atoms in total. The van der Waals surface area contributed by atoms with Crippen molar-refractivity contribution >= 4 is 6.01 Å². The van der Waals surface area contributed by atoms with Crippen LogP contribution in [0.2, 0.25) is 0 Å². The van der Waals surface area contributed by atoms with Gasteiger partial charge in [-0.25, -0.2) is 9.98 Å². The maximum absolute atomic E-state index is 4.34. The van der Waals surface area contributed by atoms with E-state index in [1.165, 1.54) is 33.4 Å². The fourth-order valence-electron chi connectivity index (χ4n) is 3.88. The first-order valence-corrected chi connectivity index (χ1v) is 11.8. The fraction of sp³-hybridized carbons (Fsp3) is 0.194. The molecule has 0 fully saturated rings. The highest BCUT2D eigenvalue weighted by Crippen LogP contribution is 2.33. The van der Waals surface area contributed by atoms with E-state index in [1.807, 2.05) is 0 Å². The molecule has 0 saturated heterocycles. The summed E-state index contributed by atoms with van der Waals surface area (Å²) >= 11 is 0. The van der Waals surface area contributed by atoms with Gasteiger partial charge in [0.2, 0.25) is 0 Å². The van der Waals surface area contributed by atoms with Crippen LogP contribution in [0.3, 0.4) is 0 Å². The minimum atomic E-state index is 0.594. The summed E-state index contributed by atoms with van der Waals surface area (Å²) in [5.74, 6) is 0. The third kappa shape index (κ3) is 6.62. The molecule has 0 aliphatic heterocycles. The van der Waals surface area contributed by atoms with Crippen LogP contribution in [-0.2, 0) is 6.54 Å². The first kappa shape index (κ1) is 23.4. The van der Waals surface area contributed by atoms with Crippen molar-refractivity contribution in [2.45, 2.75) is 13.0 Å². The summed E-state index contributed by atoms with van der Waals surface area (Å²) in [6.07, 6.45) is 1.03. The van der Waals surface area contributed by atoms with Gasteiger partial charge in [-0.15, -0.1) is 0 Å². The molecule has 0 spiro atoms. The molecule has 4 aromatic carbocycles. The molecule has 0 N–H and O–H groups in total. The zero-order chi connectivity index (χ0) is 23.6. The van der Waals surface area contributed by atoms with E-state index in [2.05, 4.69) is 138 Å². The lowest BCUT2D eigenvalue weighted by molar-refractivity contribution is 0.403. The predicted molar refractivity (Wildman–Crippen MR) is 144 cm³/mol. The summed E-state index contributed by atoms with van der Waals surface area (Å²) < 4.78 is 0. The van der Waals surface area contributed by atoms with Crippen molar-refractivity contribution in [3.05, 3.63) is 109 Å². The Bertz CT molecular complexity index is 1180. The first-order valence-electron chi connectivity index (χ1n) is 11.8. The molecule has 0 atom stereocenters. The maximum Gasteiger partial charge on any atom is 0.0896 e. The zero-order valence-electron chi connectivity index (χ0n) is 20.0. The van der Waals surface area contributed by atoms with E-state index in [9.17, 15) is 0 Å². The van der Waals surface area contributed by atoms with Gasteiger partial charge in [-0.2, -0.15) is 0 Å². The lowest BCUT2D eigenvalue weighted by atomic mass is 9.93. The number of hydrogen-bond donors (Lipinski definition) is 0. The second-order valence-corrected chi connectivity index (χ2v) is 8.68. The van der Waals surface area contributed by atoms with Gasteiger partial charge in [-0.3, -0.25) is 0 Å². The Morgan fingerprint density at radius 2 is 1.09 bits per heavy atom. The summed E-state index contributed by atoms with van der Waals surface area (Å²) in [6.45, 7) is 2.39. The molecule has 0 amide bonds. The highest BCUT2D eigenvalue weighted by Gasteiger charge is 2.07. The Morgan fingerprint density at radius 3 is 1.59 bits per heavy atom. The van der Waals surface area contributed by atoms with Crippen LogP contribution in [-0.4, -0.2) is 38.1 Å². The van der Waals surface area contributed by atoms with Crippen molar-refractivity contribution in [2.75, 3.05) is 27.2 Å². The lowest BCUT2D eigenvalue weighted by Crippen LogP contribution is -2.13. The summed E-state index contributed by atoms with van der Waals surface area (Å²) in [6, 6.07) is 39.4. The molecule has 4 rings (SSSR count). The van der Waals surface area contributed by atoms with Crippen molar-refractivity contribution in [2.24, 2.45) is 9.98 Å². The monoisotopic (exact) mass is 445 g/mol. The topological polar surface area (TPSA) is 28.0 Å². The van der Waals surface area contributed by atoms with Crippen LogP contribution >= 0.6 is 0 Å². The number of nitrogens with zero attached hydrogens (tertiary/aromatic N) is 3. The van der Waals surface area contributed by atoms with Crippen molar-refractivity contribution < 1.29 is 0 Å². The van der Waals surface area contributed by atoms with Crippen molar-refractivity contribution in [1.29, 1.82) is 0 Å². The van der Waals surface area contributed by atoms with Gasteiger partial charge in [0.05, 0.1) is 19.1 Å². The third-order valence-corrected chi connectivity index (χ3v) is 5.71. The lowest BCUT2D eigenvalue weighted by Gasteiger charge is -2.11. The largest absolute Gasteiger partial charge is 0.309 e. The second-order valence-electron chi connectivity index (χ2n) is 8.68. The van der Waals surface area contributed by atoms with Gasteiger partial charge in [0.25, 0.3) is 0 Å². The van der Waals surface area contributed by atoms with Crippen LogP contribution in [0.15, 0.2) is 113 Å². The molecule has 0 radical (unpaired) electrons. The molecule has 0 bridgehead atoms. The van der Waals surface area contributed by atoms with Crippen molar-refractivity contribution in [1.82, 2.24) is 4.90 Å². The smallest absolute Gasteiger partial charge is 0.0896 e. The van der Waals surface area contributed by atoms with E-state index in [1.54, 1.807) is 0 Å². The van der Waals surface area contributed by atoms with Gasteiger partial charge in [0, 0.05) is 0 Å². The Morgan fingerprint density at radius 1 is 0.588 bits per heavy atom. The van der Waals surface area contributed by atoms with Crippen LogP contribution < -0.4 is 0 Å². The predicted octanol–water partition coefficient (Wildman–Crippen LogP) is 7.31. The van der Waals surface area contributed by atoms with Gasteiger partial charge in [0.1, 0.15) is 0 Å². The normalized spacial score (nSPS) is 10.7. The number of hydrogen-bond acceptors (Lipinski definition) is 3. The van der Waals surface area contributed by atoms with E-state index in [4.69, 9.17) is 0 Å². The highest BCUT2D eigenvalue weighted by atomic mass is 15.0. The number of rotatable bonds is 9. The molecule has 4 aromatic rings. The Labute approximate surface area is 203 Å². The molecule has 0 unspecified atom stereocenters. The Balaban J connectivity index is 1.54. The van der Waals surface area contributed by atoms with Gasteiger partial charge < -0.3 is 4.90 Å². The van der Waals surface area contributed by atoms with Crippen LogP contribution in [0.25, 0.3) is 33.4 Å². The second kappa shape index (κ2) is 11.9. The molecule has 0 heterocycles. The average molecular weight is 446 g/mol. The van der Waals surface area contributed by atoms with Crippen LogP contribution in [0.4, 0.5) is 0 Å². The molecule has 170 valence electrons. The van der Waals surface area contributed by atoms with E-state index < -0.39 is 0 Å². The van der Waals surface area contributed by atoms with Crippen LogP contribution in [0.5, 0.6) is 0 Å². The Kier molecular flexibility index (Phi) is 8.18. The van der Waals surface area contributed by atoms with Crippen LogP contribution in [0.1, 0.15) is 12.0 Å². The van der Waals surface area contributed by atoms with E-state index in [-0.39, 0.29) is 0 Å². The summed E-state index contributed by atoms with van der Waals surface area (Å²) in [7, 11) is 4.14. The first-order chi connectivity index (χ1) is 16.7. The SMILES string of the molecule is CN(C)CCCN=C=NCc1ccc(-c2cc(-c3ccccc3)cc(-c3ccccc3)c2)cc1. The molecule has 0 aromatic heterocycles. The minimum absolute atomic E-state index is 0.594. The summed E-state index contributed by atoms with van der Waals surface area (Å²) in [5.41, 5.74) is 8.43. The van der Waals surface area contributed by atoms with Crippen molar-refractivity contribution in [3.63, 3.8) is 0 Å². The van der Waals surface area contributed by atoms with Crippen LogP contribution in [0, 0.1) is 0 Å². The fourth-order valence-corrected chi connectivity index (χ4v) is 3.88. The zero-order valence-corrected chi connectivity index (χ0v) is 20.0. The quantitative estimate of drug-likeness (QED) is 0.196. The molecule has 0 aliphatic rings. The van der Waals surface area contributed by atoms with Gasteiger partial charge in [-0.1, -0.05) is 84.9 Å². The number of benzene rings is 4. The molecular formula is C31H31N3.